The minimum Gasteiger partial charge on any atom is -0.333 e. The van der Waals surface area contributed by atoms with Crippen LogP contribution < -0.4 is 5.32 Å². The van der Waals surface area contributed by atoms with Crippen LogP contribution >= 0.6 is 0 Å². The van der Waals surface area contributed by atoms with Gasteiger partial charge in [-0.1, -0.05) is 39.5 Å². The molecular weight excluding hydrogens is 222 g/mol. The third-order valence-electron chi connectivity index (χ3n) is 3.98. The van der Waals surface area contributed by atoms with Crippen LogP contribution in [0.5, 0.6) is 0 Å². The molecule has 1 aliphatic rings. The molecule has 102 valence electrons. The van der Waals surface area contributed by atoms with Gasteiger partial charge in [-0.15, -0.1) is 0 Å². The Hall–Kier alpha value is -0.830. The van der Waals surface area contributed by atoms with E-state index >= 15 is 0 Å². The summed E-state index contributed by atoms with van der Waals surface area (Å²) in [6.45, 7) is 6.57. The highest BCUT2D eigenvalue weighted by atomic mass is 15.1. The monoisotopic (exact) mass is 249 g/mol. The summed E-state index contributed by atoms with van der Waals surface area (Å²) < 4.78 is 2.29. The Morgan fingerprint density at radius 3 is 2.67 bits per heavy atom. The van der Waals surface area contributed by atoms with Crippen molar-refractivity contribution in [1.29, 1.82) is 0 Å². The van der Waals surface area contributed by atoms with E-state index < -0.39 is 0 Å². The van der Waals surface area contributed by atoms with Gasteiger partial charge in [0.25, 0.3) is 0 Å². The van der Waals surface area contributed by atoms with Gasteiger partial charge in [-0.3, -0.25) is 0 Å². The molecule has 0 aromatic carbocycles. The van der Waals surface area contributed by atoms with Crippen LogP contribution in [0.1, 0.15) is 64.0 Å². The van der Waals surface area contributed by atoms with Crippen LogP contribution in [-0.4, -0.2) is 22.1 Å². The Bertz CT molecular complexity index is 335. The van der Waals surface area contributed by atoms with E-state index in [1.54, 1.807) is 0 Å². The second-order valence-electron chi connectivity index (χ2n) is 5.81. The lowest BCUT2D eigenvalue weighted by Crippen LogP contribution is -2.31. The van der Waals surface area contributed by atoms with E-state index in [1.165, 1.54) is 44.2 Å². The van der Waals surface area contributed by atoms with Gasteiger partial charge in [0, 0.05) is 31.0 Å². The smallest absolute Gasteiger partial charge is 0.0948 e. The Labute approximate surface area is 111 Å². The van der Waals surface area contributed by atoms with E-state index in [9.17, 15) is 0 Å². The first-order valence-corrected chi connectivity index (χ1v) is 7.51. The van der Waals surface area contributed by atoms with E-state index in [0.717, 1.165) is 19.1 Å². The fourth-order valence-electron chi connectivity index (χ4n) is 2.87. The van der Waals surface area contributed by atoms with Crippen molar-refractivity contribution in [2.24, 2.45) is 0 Å². The molecule has 1 heterocycles. The normalized spacial score (nSPS) is 18.2. The molecule has 1 aromatic rings. The first-order valence-electron chi connectivity index (χ1n) is 7.51. The number of hydrogen-bond acceptors (Lipinski definition) is 2. The average molecular weight is 249 g/mol. The molecule has 0 spiro atoms. The molecule has 0 radical (unpaired) electrons. The Morgan fingerprint density at radius 2 is 2.00 bits per heavy atom. The SMILES string of the molecule is CC(C)c1cncn1CCNC1CCCCCC1. The van der Waals surface area contributed by atoms with E-state index in [1.807, 2.05) is 12.5 Å². The first kappa shape index (κ1) is 13.6. The van der Waals surface area contributed by atoms with Gasteiger partial charge >= 0.3 is 0 Å². The quantitative estimate of drug-likeness (QED) is 0.811. The Kier molecular flexibility index (Phi) is 5.24. The summed E-state index contributed by atoms with van der Waals surface area (Å²) in [5.41, 5.74) is 1.35. The second-order valence-corrected chi connectivity index (χ2v) is 5.81. The molecule has 1 aromatic heterocycles. The lowest BCUT2D eigenvalue weighted by Gasteiger charge is -2.17. The van der Waals surface area contributed by atoms with Crippen LogP contribution in [0.2, 0.25) is 0 Å². The van der Waals surface area contributed by atoms with Crippen LogP contribution in [0.15, 0.2) is 12.5 Å². The molecule has 1 saturated carbocycles. The minimum atomic E-state index is 0.561. The molecule has 3 nitrogen and oxygen atoms in total. The molecule has 1 fully saturated rings. The zero-order valence-electron chi connectivity index (χ0n) is 11.9. The summed E-state index contributed by atoms with van der Waals surface area (Å²) in [7, 11) is 0. The van der Waals surface area contributed by atoms with Gasteiger partial charge in [-0.2, -0.15) is 0 Å². The van der Waals surface area contributed by atoms with Crippen molar-refractivity contribution >= 4 is 0 Å². The van der Waals surface area contributed by atoms with Gasteiger partial charge < -0.3 is 9.88 Å². The standard InChI is InChI=1S/C15H27N3/c1-13(2)15-11-16-12-18(15)10-9-17-14-7-5-3-4-6-8-14/h11-14,17H,3-10H2,1-2H3. The van der Waals surface area contributed by atoms with Crippen LogP contribution in [0, 0.1) is 0 Å². The Balaban J connectivity index is 1.75. The van der Waals surface area contributed by atoms with Crippen molar-refractivity contribution in [2.45, 2.75) is 70.9 Å². The van der Waals surface area contributed by atoms with Gasteiger partial charge in [-0.05, 0) is 18.8 Å². The Morgan fingerprint density at radius 1 is 1.28 bits per heavy atom. The molecule has 0 unspecified atom stereocenters. The molecule has 0 atom stereocenters. The summed E-state index contributed by atoms with van der Waals surface area (Å²) in [5, 5.41) is 3.72. The van der Waals surface area contributed by atoms with E-state index in [4.69, 9.17) is 0 Å². The number of nitrogens with one attached hydrogen (secondary N) is 1. The van der Waals surface area contributed by atoms with Gasteiger partial charge in [0.05, 0.1) is 6.33 Å². The van der Waals surface area contributed by atoms with Crippen LogP contribution in [0.25, 0.3) is 0 Å². The van der Waals surface area contributed by atoms with Crippen molar-refractivity contribution in [3.8, 4) is 0 Å². The summed E-state index contributed by atoms with van der Waals surface area (Å²) in [6, 6.07) is 0.749. The lowest BCUT2D eigenvalue weighted by atomic mass is 10.1. The maximum absolute atomic E-state index is 4.26. The fraction of sp³-hybridized carbons (Fsp3) is 0.800. The van der Waals surface area contributed by atoms with E-state index in [2.05, 4.69) is 28.7 Å². The van der Waals surface area contributed by atoms with Gasteiger partial charge in [-0.25, -0.2) is 4.98 Å². The van der Waals surface area contributed by atoms with Crippen LogP contribution in [0.3, 0.4) is 0 Å². The highest BCUT2D eigenvalue weighted by Gasteiger charge is 2.11. The number of nitrogens with zero attached hydrogens (tertiary/aromatic N) is 2. The minimum absolute atomic E-state index is 0.561. The summed E-state index contributed by atoms with van der Waals surface area (Å²) in [6.07, 6.45) is 12.3. The van der Waals surface area contributed by atoms with Gasteiger partial charge in [0.1, 0.15) is 0 Å². The molecule has 0 saturated heterocycles. The average Bonchev–Trinajstić information content (AvgIpc) is 2.66. The van der Waals surface area contributed by atoms with Gasteiger partial charge in [0.2, 0.25) is 0 Å². The van der Waals surface area contributed by atoms with Gasteiger partial charge in [0.15, 0.2) is 0 Å². The number of imidazole rings is 1. The van der Waals surface area contributed by atoms with Crippen LogP contribution in [0.4, 0.5) is 0 Å². The molecule has 0 amide bonds. The third-order valence-corrected chi connectivity index (χ3v) is 3.98. The van der Waals surface area contributed by atoms with E-state index in [-0.39, 0.29) is 0 Å². The molecule has 3 heteroatoms. The highest BCUT2D eigenvalue weighted by molar-refractivity contribution is 5.03. The molecule has 2 rings (SSSR count). The molecule has 0 bridgehead atoms. The molecule has 1 N–H and O–H groups in total. The second kappa shape index (κ2) is 6.93. The number of hydrogen-bond donors (Lipinski definition) is 1. The molecule has 1 aliphatic carbocycles. The maximum Gasteiger partial charge on any atom is 0.0948 e. The van der Waals surface area contributed by atoms with Crippen LogP contribution in [-0.2, 0) is 6.54 Å². The lowest BCUT2D eigenvalue weighted by molar-refractivity contribution is 0.441. The van der Waals surface area contributed by atoms with Crippen molar-refractivity contribution in [1.82, 2.24) is 14.9 Å². The molecule has 0 aliphatic heterocycles. The zero-order valence-corrected chi connectivity index (χ0v) is 11.9. The number of rotatable bonds is 5. The number of aromatic nitrogens is 2. The topological polar surface area (TPSA) is 29.9 Å². The largest absolute Gasteiger partial charge is 0.333 e. The van der Waals surface area contributed by atoms with Crippen molar-refractivity contribution in [3.05, 3.63) is 18.2 Å². The summed E-state index contributed by atoms with van der Waals surface area (Å²) in [5.74, 6) is 0.561. The van der Waals surface area contributed by atoms with E-state index in [0.29, 0.717) is 5.92 Å². The predicted molar refractivity (Wildman–Crippen MR) is 75.8 cm³/mol. The predicted octanol–water partition coefficient (Wildman–Crippen LogP) is 3.32. The zero-order chi connectivity index (χ0) is 12.8. The first-order chi connectivity index (χ1) is 8.77. The van der Waals surface area contributed by atoms with Crippen molar-refractivity contribution in [2.75, 3.05) is 6.54 Å². The molecular formula is C15H27N3. The van der Waals surface area contributed by atoms with Crippen molar-refractivity contribution in [3.63, 3.8) is 0 Å². The maximum atomic E-state index is 4.26. The summed E-state index contributed by atoms with van der Waals surface area (Å²) in [4.78, 5) is 4.26. The van der Waals surface area contributed by atoms with Crippen molar-refractivity contribution < 1.29 is 0 Å². The highest BCUT2D eigenvalue weighted by Crippen LogP contribution is 2.17. The molecule has 18 heavy (non-hydrogen) atoms. The third kappa shape index (κ3) is 3.84. The summed E-state index contributed by atoms with van der Waals surface area (Å²) >= 11 is 0. The fourth-order valence-corrected chi connectivity index (χ4v) is 2.87.